The van der Waals surface area contributed by atoms with Crippen LogP contribution in [0, 0.1) is 21.7 Å². The van der Waals surface area contributed by atoms with E-state index in [9.17, 15) is 18.9 Å². The van der Waals surface area contributed by atoms with Crippen LogP contribution in [0.4, 0.5) is 14.5 Å². The Hall–Kier alpha value is -3.10. The fraction of sp³-hybridized carbons (Fsp3) is 0. The van der Waals surface area contributed by atoms with E-state index in [0.29, 0.717) is 17.8 Å². The third-order valence-corrected chi connectivity index (χ3v) is 2.62. The summed E-state index contributed by atoms with van der Waals surface area (Å²) in [4.78, 5) is 13.4. The molecule has 0 fully saturated rings. The van der Waals surface area contributed by atoms with Crippen LogP contribution in [-0.4, -0.2) is 19.5 Å². The van der Waals surface area contributed by atoms with E-state index in [1.165, 1.54) is 4.52 Å². The number of nitro groups is 1. The molecule has 0 atom stereocenters. The van der Waals surface area contributed by atoms with Crippen LogP contribution in [-0.2, 0) is 0 Å². The lowest BCUT2D eigenvalue weighted by atomic mass is 10.3. The van der Waals surface area contributed by atoms with E-state index in [4.69, 9.17) is 4.74 Å². The van der Waals surface area contributed by atoms with Gasteiger partial charge in [-0.25, -0.2) is 8.91 Å². The molecule has 9 heteroatoms. The zero-order chi connectivity index (χ0) is 15.0. The van der Waals surface area contributed by atoms with Crippen LogP contribution in [0.5, 0.6) is 11.8 Å². The molecule has 0 amide bonds. The number of halogens is 2. The van der Waals surface area contributed by atoms with Crippen molar-refractivity contribution in [2.24, 2.45) is 0 Å². The van der Waals surface area contributed by atoms with Crippen LogP contribution in [0.15, 0.2) is 36.5 Å². The summed E-state index contributed by atoms with van der Waals surface area (Å²) in [6, 6.07) is 5.90. The number of aromatic nitrogens is 3. The second-order valence-corrected chi connectivity index (χ2v) is 3.99. The van der Waals surface area contributed by atoms with Gasteiger partial charge < -0.3 is 4.74 Å². The lowest BCUT2D eigenvalue weighted by molar-refractivity contribution is -0.387. The molecule has 0 aliphatic heterocycles. The molecule has 2 aromatic heterocycles. The van der Waals surface area contributed by atoms with E-state index in [1.807, 2.05) is 0 Å². The molecule has 0 unspecified atom stereocenters. The van der Waals surface area contributed by atoms with Crippen LogP contribution < -0.4 is 4.74 Å². The molecule has 7 nitrogen and oxygen atoms in total. The standard InChI is InChI=1S/C12H6F2N4O3/c13-7-6-10(8(14)5-9(7)18(19)20)21-12-15-11-3-1-2-4-17(11)16-12/h1-6H. The molecule has 0 aliphatic carbocycles. The summed E-state index contributed by atoms with van der Waals surface area (Å²) in [5.74, 6) is -2.82. The maximum absolute atomic E-state index is 13.7. The van der Waals surface area contributed by atoms with E-state index in [-0.39, 0.29) is 6.01 Å². The van der Waals surface area contributed by atoms with Crippen molar-refractivity contribution in [3.63, 3.8) is 0 Å². The van der Waals surface area contributed by atoms with E-state index < -0.39 is 28.0 Å². The van der Waals surface area contributed by atoms with Gasteiger partial charge in [-0.15, -0.1) is 5.10 Å². The van der Waals surface area contributed by atoms with Crippen molar-refractivity contribution in [3.05, 3.63) is 58.3 Å². The molecule has 21 heavy (non-hydrogen) atoms. The number of pyridine rings is 1. The van der Waals surface area contributed by atoms with Crippen LogP contribution >= 0.6 is 0 Å². The Morgan fingerprint density at radius 3 is 2.76 bits per heavy atom. The van der Waals surface area contributed by atoms with Gasteiger partial charge in [-0.3, -0.25) is 10.1 Å². The number of ether oxygens (including phenoxy) is 1. The first-order chi connectivity index (χ1) is 10.0. The molecule has 3 aromatic rings. The summed E-state index contributed by atoms with van der Waals surface area (Å²) in [5.41, 5.74) is -0.516. The average molecular weight is 292 g/mol. The molecule has 0 N–H and O–H groups in total. The fourth-order valence-electron chi connectivity index (χ4n) is 1.69. The summed E-state index contributed by atoms with van der Waals surface area (Å²) in [7, 11) is 0. The maximum atomic E-state index is 13.7. The largest absolute Gasteiger partial charge is 0.420 e. The quantitative estimate of drug-likeness (QED) is 0.547. The Kier molecular flexibility index (Phi) is 2.94. The highest BCUT2D eigenvalue weighted by Gasteiger charge is 2.20. The van der Waals surface area contributed by atoms with Gasteiger partial charge in [0.2, 0.25) is 5.82 Å². The first-order valence-electron chi connectivity index (χ1n) is 5.67. The summed E-state index contributed by atoms with van der Waals surface area (Å²) in [6.07, 6.45) is 1.60. The smallest absolute Gasteiger partial charge is 0.342 e. The van der Waals surface area contributed by atoms with Crippen molar-refractivity contribution in [1.82, 2.24) is 14.6 Å². The first kappa shape index (κ1) is 12.9. The van der Waals surface area contributed by atoms with Crippen molar-refractivity contribution < 1.29 is 18.4 Å². The van der Waals surface area contributed by atoms with E-state index in [1.54, 1.807) is 24.4 Å². The summed E-state index contributed by atoms with van der Waals surface area (Å²) in [6.45, 7) is 0. The Balaban J connectivity index is 1.97. The number of nitro benzene ring substituents is 1. The van der Waals surface area contributed by atoms with Crippen LogP contribution in [0.25, 0.3) is 5.65 Å². The molecular formula is C12H6F2N4O3. The minimum atomic E-state index is -1.21. The Morgan fingerprint density at radius 2 is 2.05 bits per heavy atom. The molecule has 2 heterocycles. The summed E-state index contributed by atoms with van der Waals surface area (Å²) < 4.78 is 33.5. The van der Waals surface area contributed by atoms with Gasteiger partial charge >= 0.3 is 11.7 Å². The van der Waals surface area contributed by atoms with Gasteiger partial charge in [-0.05, 0) is 12.1 Å². The SMILES string of the molecule is O=[N+]([O-])c1cc(F)c(Oc2nc3ccccn3n2)cc1F. The topological polar surface area (TPSA) is 82.6 Å². The van der Waals surface area contributed by atoms with Gasteiger partial charge in [0.1, 0.15) is 0 Å². The number of fused-ring (bicyclic) bond motifs is 1. The molecule has 1 aromatic carbocycles. The van der Waals surface area contributed by atoms with Crippen molar-refractivity contribution in [2.75, 3.05) is 0 Å². The third-order valence-electron chi connectivity index (χ3n) is 2.62. The summed E-state index contributed by atoms with van der Waals surface area (Å²) >= 11 is 0. The van der Waals surface area contributed by atoms with Gasteiger partial charge in [-0.2, -0.15) is 9.37 Å². The first-order valence-corrected chi connectivity index (χ1v) is 5.67. The molecule has 0 spiro atoms. The minimum Gasteiger partial charge on any atom is -0.420 e. The number of hydrogen-bond acceptors (Lipinski definition) is 5. The average Bonchev–Trinajstić information content (AvgIpc) is 2.84. The van der Waals surface area contributed by atoms with E-state index in [2.05, 4.69) is 10.1 Å². The van der Waals surface area contributed by atoms with Crippen molar-refractivity contribution in [2.45, 2.75) is 0 Å². The third kappa shape index (κ3) is 2.36. The molecule has 106 valence electrons. The normalized spacial score (nSPS) is 10.8. The molecular weight excluding hydrogens is 286 g/mol. The number of benzene rings is 1. The van der Waals surface area contributed by atoms with E-state index in [0.717, 1.165) is 0 Å². The number of nitrogens with zero attached hydrogens (tertiary/aromatic N) is 4. The fourth-order valence-corrected chi connectivity index (χ4v) is 1.69. The highest BCUT2D eigenvalue weighted by molar-refractivity contribution is 5.42. The summed E-state index contributed by atoms with van der Waals surface area (Å²) in [5, 5.41) is 14.4. The van der Waals surface area contributed by atoms with Crippen LogP contribution in [0.1, 0.15) is 0 Å². The van der Waals surface area contributed by atoms with Gasteiger partial charge in [0.05, 0.1) is 11.0 Å². The Bertz CT molecular complexity index is 817. The molecule has 0 aliphatic rings. The van der Waals surface area contributed by atoms with Crippen LogP contribution in [0.3, 0.4) is 0 Å². The second-order valence-electron chi connectivity index (χ2n) is 3.99. The highest BCUT2D eigenvalue weighted by Crippen LogP contribution is 2.28. The van der Waals surface area contributed by atoms with Crippen LogP contribution in [0.2, 0.25) is 0 Å². The predicted molar refractivity (Wildman–Crippen MR) is 66.1 cm³/mol. The van der Waals surface area contributed by atoms with Crippen molar-refractivity contribution >= 4 is 11.3 Å². The monoisotopic (exact) mass is 292 g/mol. The van der Waals surface area contributed by atoms with Gasteiger partial charge in [-0.1, -0.05) is 6.07 Å². The predicted octanol–water partition coefficient (Wildman–Crippen LogP) is 2.71. The zero-order valence-electron chi connectivity index (χ0n) is 10.2. The van der Waals surface area contributed by atoms with E-state index >= 15 is 0 Å². The molecule has 0 saturated carbocycles. The van der Waals surface area contributed by atoms with Gasteiger partial charge in [0.15, 0.2) is 17.2 Å². The lowest BCUT2D eigenvalue weighted by Crippen LogP contribution is -1.97. The zero-order valence-corrected chi connectivity index (χ0v) is 10.2. The van der Waals surface area contributed by atoms with Gasteiger partial charge in [0.25, 0.3) is 0 Å². The van der Waals surface area contributed by atoms with Gasteiger partial charge in [0, 0.05) is 12.3 Å². The number of hydrogen-bond donors (Lipinski definition) is 0. The molecule has 0 bridgehead atoms. The molecule has 3 rings (SSSR count). The number of rotatable bonds is 3. The highest BCUT2D eigenvalue weighted by atomic mass is 19.1. The Labute approximate surface area is 115 Å². The molecule has 0 radical (unpaired) electrons. The van der Waals surface area contributed by atoms with Crippen molar-refractivity contribution in [1.29, 1.82) is 0 Å². The lowest BCUT2D eigenvalue weighted by Gasteiger charge is -2.02. The maximum Gasteiger partial charge on any atom is 0.342 e. The van der Waals surface area contributed by atoms with Crippen molar-refractivity contribution in [3.8, 4) is 11.8 Å². The Morgan fingerprint density at radius 1 is 1.24 bits per heavy atom. The molecule has 0 saturated heterocycles. The second kappa shape index (κ2) is 4.78. The minimum absolute atomic E-state index is 0.201.